The van der Waals surface area contributed by atoms with Crippen LogP contribution in [0.2, 0.25) is 0 Å². The van der Waals surface area contributed by atoms with Crippen molar-refractivity contribution in [1.82, 2.24) is 24.4 Å². The molecule has 2 aliphatic heterocycles. The number of phosphoric ester groups is 1. The Hall–Kier alpha value is -3.55. The molecule has 0 amide bonds. The minimum Gasteiger partial charge on any atom is -0.369 e. The Morgan fingerprint density at radius 3 is 2.20 bits per heavy atom. The van der Waals surface area contributed by atoms with Crippen molar-refractivity contribution in [3.05, 3.63) is 84.4 Å². The van der Waals surface area contributed by atoms with E-state index in [1.54, 1.807) is 22.1 Å². The molecule has 0 saturated carbocycles. The number of nitrogens with zero attached hydrogens (tertiary/aromatic N) is 6. The Morgan fingerprint density at radius 1 is 0.932 bits per heavy atom. The fraction of sp³-hybridized carbons (Fsp3) is 0.400. The number of rotatable bonds is 12. The van der Waals surface area contributed by atoms with E-state index in [0.717, 1.165) is 11.1 Å². The predicted octanol–water partition coefficient (Wildman–Crippen LogP) is 5.02. The van der Waals surface area contributed by atoms with Gasteiger partial charge >= 0.3 is 7.82 Å². The number of benzene rings is 2. The molecule has 4 heterocycles. The number of hydrogen-bond donors (Lipinski definition) is 0. The molecule has 4 aromatic rings. The zero-order valence-electron chi connectivity index (χ0n) is 24.9. The second-order valence-electron chi connectivity index (χ2n) is 11.1. The Morgan fingerprint density at radius 2 is 1.57 bits per heavy atom. The molecule has 2 aliphatic rings. The second kappa shape index (κ2) is 12.8. The summed E-state index contributed by atoms with van der Waals surface area (Å²) in [5, 5.41) is 0. The van der Waals surface area contributed by atoms with Crippen LogP contribution in [0.5, 0.6) is 0 Å². The highest BCUT2D eigenvalue weighted by atomic mass is 31.2. The van der Waals surface area contributed by atoms with Crippen molar-refractivity contribution in [2.24, 2.45) is 4.99 Å². The van der Waals surface area contributed by atoms with Crippen LogP contribution in [0.15, 0.2) is 78.3 Å². The van der Waals surface area contributed by atoms with Gasteiger partial charge in [-0.05, 0) is 25.0 Å². The van der Waals surface area contributed by atoms with Crippen LogP contribution >= 0.6 is 7.82 Å². The molecule has 13 nitrogen and oxygen atoms in total. The van der Waals surface area contributed by atoms with Gasteiger partial charge in [0.25, 0.3) is 0 Å². The first-order valence-electron chi connectivity index (χ1n) is 14.2. The van der Waals surface area contributed by atoms with Gasteiger partial charge in [-0.2, -0.15) is 0 Å². The Kier molecular flexibility index (Phi) is 8.88. The van der Waals surface area contributed by atoms with Gasteiger partial charge < -0.3 is 19.1 Å². The lowest BCUT2D eigenvalue weighted by Crippen LogP contribution is -2.32. The average Bonchev–Trinajstić information content (AvgIpc) is 3.69. The number of aliphatic imine (C=N–C) groups is 1. The van der Waals surface area contributed by atoms with Crippen LogP contribution in [0, 0.1) is 0 Å². The Bertz CT molecular complexity index is 1590. The fourth-order valence-electron chi connectivity index (χ4n) is 5.04. The van der Waals surface area contributed by atoms with Gasteiger partial charge in [0, 0.05) is 14.1 Å². The molecule has 6 rings (SSSR count). The van der Waals surface area contributed by atoms with Crippen LogP contribution < -0.4 is 0 Å². The zero-order valence-corrected chi connectivity index (χ0v) is 25.8. The van der Waals surface area contributed by atoms with Crippen molar-refractivity contribution in [2.75, 3.05) is 20.7 Å². The van der Waals surface area contributed by atoms with E-state index >= 15 is 0 Å². The molecule has 2 aromatic carbocycles. The van der Waals surface area contributed by atoms with Crippen LogP contribution in [-0.4, -0.2) is 75.6 Å². The maximum Gasteiger partial charge on any atom is 0.475 e. The molecule has 2 saturated heterocycles. The third-order valence-electron chi connectivity index (χ3n) is 7.01. The van der Waals surface area contributed by atoms with Crippen molar-refractivity contribution in [1.29, 1.82) is 0 Å². The average molecular weight is 623 g/mol. The maximum atomic E-state index is 13.9. The lowest BCUT2D eigenvalue weighted by Gasteiger charge is -2.25. The van der Waals surface area contributed by atoms with Gasteiger partial charge in [-0.1, -0.05) is 60.7 Å². The number of hydrogen-bond acceptors (Lipinski definition) is 11. The Balaban J connectivity index is 1.22. The molecule has 4 atom stereocenters. The molecule has 0 bridgehead atoms. The van der Waals surface area contributed by atoms with E-state index in [2.05, 4.69) is 19.9 Å². The number of phosphoric acid groups is 1. The molecular formula is C30H35N6O7P. The number of aromatic nitrogens is 4. The highest BCUT2D eigenvalue weighted by molar-refractivity contribution is 7.48. The largest absolute Gasteiger partial charge is 0.475 e. The number of ether oxygens (including phenoxy) is 3. The summed E-state index contributed by atoms with van der Waals surface area (Å²) in [6.45, 7) is 3.61. The molecule has 0 spiro atoms. The summed E-state index contributed by atoms with van der Waals surface area (Å²) in [4.78, 5) is 19.5. The smallest absolute Gasteiger partial charge is 0.369 e. The van der Waals surface area contributed by atoms with Crippen molar-refractivity contribution in [3.8, 4) is 0 Å². The first-order chi connectivity index (χ1) is 21.2. The third-order valence-corrected chi connectivity index (χ3v) is 8.37. The van der Waals surface area contributed by atoms with E-state index in [0.29, 0.717) is 17.0 Å². The lowest BCUT2D eigenvalue weighted by atomic mass is 10.1. The second-order valence-corrected chi connectivity index (χ2v) is 12.8. The van der Waals surface area contributed by atoms with E-state index in [1.807, 2.05) is 88.6 Å². The molecular weight excluding hydrogens is 587 g/mol. The summed E-state index contributed by atoms with van der Waals surface area (Å²) in [5.74, 6) is -0.465. The topological polar surface area (TPSA) is 132 Å². The molecule has 0 N–H and O–H groups in total. The van der Waals surface area contributed by atoms with Crippen LogP contribution in [0.25, 0.3) is 11.2 Å². The zero-order chi connectivity index (χ0) is 30.7. The summed E-state index contributed by atoms with van der Waals surface area (Å²) in [7, 11) is -0.313. The highest BCUT2D eigenvalue weighted by Crippen LogP contribution is 2.52. The predicted molar refractivity (Wildman–Crippen MR) is 161 cm³/mol. The van der Waals surface area contributed by atoms with Crippen molar-refractivity contribution in [3.63, 3.8) is 0 Å². The summed E-state index contributed by atoms with van der Waals surface area (Å²) in [5.41, 5.74) is 2.69. The van der Waals surface area contributed by atoms with Crippen molar-refractivity contribution < 1.29 is 32.3 Å². The molecule has 4 unspecified atom stereocenters. The van der Waals surface area contributed by atoms with E-state index in [1.165, 1.54) is 6.33 Å². The minimum absolute atomic E-state index is 0.0408. The molecule has 232 valence electrons. The van der Waals surface area contributed by atoms with Gasteiger partial charge in [0.1, 0.15) is 24.6 Å². The molecule has 0 radical (unpaired) electrons. The van der Waals surface area contributed by atoms with Gasteiger partial charge in [0.15, 0.2) is 29.0 Å². The summed E-state index contributed by atoms with van der Waals surface area (Å²) < 4.78 is 52.2. The van der Waals surface area contributed by atoms with Crippen molar-refractivity contribution >= 4 is 31.1 Å². The Labute approximate surface area is 255 Å². The van der Waals surface area contributed by atoms with Crippen LogP contribution in [-0.2, 0) is 45.6 Å². The van der Waals surface area contributed by atoms with Gasteiger partial charge in [-0.3, -0.25) is 18.1 Å². The first kappa shape index (κ1) is 30.5. The fourth-order valence-corrected chi connectivity index (χ4v) is 6.21. The van der Waals surface area contributed by atoms with Gasteiger partial charge in [-0.25, -0.2) is 24.5 Å². The van der Waals surface area contributed by atoms with E-state index in [9.17, 15) is 4.57 Å². The van der Waals surface area contributed by atoms with Crippen molar-refractivity contribution in [2.45, 2.75) is 57.4 Å². The van der Waals surface area contributed by atoms with E-state index < -0.39 is 38.1 Å². The molecule has 2 aromatic heterocycles. The maximum absolute atomic E-state index is 13.9. The quantitative estimate of drug-likeness (QED) is 0.120. The summed E-state index contributed by atoms with van der Waals surface area (Å²) in [6.07, 6.45) is 2.26. The normalized spacial score (nSPS) is 23.0. The molecule has 2 fully saturated rings. The van der Waals surface area contributed by atoms with Gasteiger partial charge in [0.05, 0.1) is 32.5 Å². The van der Waals surface area contributed by atoms with Crippen LogP contribution in [0.1, 0.15) is 31.2 Å². The van der Waals surface area contributed by atoms with Gasteiger partial charge in [0.2, 0.25) is 0 Å². The highest BCUT2D eigenvalue weighted by Gasteiger charge is 2.56. The molecule has 44 heavy (non-hydrogen) atoms. The van der Waals surface area contributed by atoms with E-state index in [-0.39, 0.29) is 19.8 Å². The monoisotopic (exact) mass is 622 g/mol. The molecule has 0 aliphatic carbocycles. The van der Waals surface area contributed by atoms with Crippen LogP contribution in [0.4, 0.5) is 5.82 Å². The number of imidazole rings is 1. The lowest BCUT2D eigenvalue weighted by molar-refractivity contribution is -0.199. The van der Waals surface area contributed by atoms with Crippen LogP contribution in [0.3, 0.4) is 0 Å². The van der Waals surface area contributed by atoms with Gasteiger partial charge in [-0.15, -0.1) is 0 Å². The molecule has 14 heteroatoms. The van der Waals surface area contributed by atoms with E-state index in [4.69, 9.17) is 27.8 Å². The summed E-state index contributed by atoms with van der Waals surface area (Å²) in [6, 6.07) is 18.8. The number of fused-ring (bicyclic) bond motifs is 2. The SMILES string of the molecule is CN(C)/C=N\c1ncnc2c1ncn2C1OC(COP(=O)(OCc2ccccc2)OCc2ccccc2)C2OC(C)(C)OC21. The minimum atomic E-state index is -4.05. The first-order valence-corrected chi connectivity index (χ1v) is 15.7. The standard InChI is InChI=1S/C30H35N6O7P/c1-30(2)42-25-23(17-40-44(37,38-15-21-11-7-5-8-12-21)39-16-22-13-9-6-10-14-22)41-29(26(25)43-30)36-20-33-24-27(34-19-35(3)4)31-18-32-28(24)36/h5-14,18-20,23,25-26,29H,15-17H2,1-4H3/b34-19-. The summed E-state index contributed by atoms with van der Waals surface area (Å²) >= 11 is 0. The third kappa shape index (κ3) is 6.89.